The van der Waals surface area contributed by atoms with Gasteiger partial charge in [0.25, 0.3) is 0 Å². The fourth-order valence-electron chi connectivity index (χ4n) is 3.29. The Hall–Kier alpha value is -1.06. The lowest BCUT2D eigenvalue weighted by Crippen LogP contribution is -2.53. The molecule has 0 aliphatic heterocycles. The Balaban J connectivity index is 1.48. The van der Waals surface area contributed by atoms with Crippen LogP contribution in [0.5, 0.6) is 0 Å². The van der Waals surface area contributed by atoms with E-state index in [4.69, 9.17) is 4.74 Å². The summed E-state index contributed by atoms with van der Waals surface area (Å²) in [7, 11) is 0. The molecule has 0 aromatic carbocycles. The van der Waals surface area contributed by atoms with Gasteiger partial charge in [0.15, 0.2) is 5.78 Å². The summed E-state index contributed by atoms with van der Waals surface area (Å²) >= 11 is 0. The number of ether oxygens (including phenoxy) is 1. The molecular weight excluding hydrogens is 254 g/mol. The number of Topliss-reactive ketones (excluding diaryl/α,β-unsaturated/α-hetero) is 1. The molecule has 0 aromatic rings. The molecule has 2 aliphatic carbocycles. The van der Waals surface area contributed by atoms with E-state index in [2.05, 4.69) is 5.32 Å². The summed E-state index contributed by atoms with van der Waals surface area (Å²) in [6.45, 7) is 2.43. The van der Waals surface area contributed by atoms with Gasteiger partial charge in [0, 0.05) is 6.42 Å². The lowest BCUT2D eigenvalue weighted by Gasteiger charge is -2.32. The molecule has 2 fully saturated rings. The van der Waals surface area contributed by atoms with Gasteiger partial charge in [-0.25, -0.2) is 4.79 Å². The van der Waals surface area contributed by atoms with E-state index in [1.165, 1.54) is 38.5 Å². The third-order valence-electron chi connectivity index (χ3n) is 4.68. The second-order valence-corrected chi connectivity index (χ2v) is 6.41. The molecule has 4 heteroatoms. The Morgan fingerprint density at radius 2 is 2.00 bits per heavy atom. The van der Waals surface area contributed by atoms with Gasteiger partial charge >= 0.3 is 6.09 Å². The van der Waals surface area contributed by atoms with Crippen molar-refractivity contribution in [1.29, 1.82) is 0 Å². The van der Waals surface area contributed by atoms with E-state index in [1.807, 2.05) is 6.92 Å². The van der Waals surface area contributed by atoms with Crippen molar-refractivity contribution in [2.75, 3.05) is 6.61 Å². The molecule has 0 bridgehead atoms. The van der Waals surface area contributed by atoms with E-state index in [-0.39, 0.29) is 17.7 Å². The Morgan fingerprint density at radius 1 is 1.25 bits per heavy atom. The Labute approximate surface area is 121 Å². The first-order chi connectivity index (χ1) is 9.66. The summed E-state index contributed by atoms with van der Waals surface area (Å²) in [4.78, 5) is 22.8. The average Bonchev–Trinajstić information content (AvgIpc) is 2.46. The molecule has 1 N–H and O–H groups in total. The monoisotopic (exact) mass is 281 g/mol. The molecule has 2 aliphatic rings. The first-order valence-corrected chi connectivity index (χ1v) is 8.13. The number of carbonyl (C=O) groups is 2. The summed E-state index contributed by atoms with van der Waals surface area (Å²) in [5.74, 6) is 1.26. The summed E-state index contributed by atoms with van der Waals surface area (Å²) in [5.41, 5.74) is 0. The molecule has 4 nitrogen and oxygen atoms in total. The molecule has 2 rings (SSSR count). The molecule has 0 aromatic heterocycles. The number of nitrogens with one attached hydrogen (secondary N) is 1. The van der Waals surface area contributed by atoms with Crippen LogP contribution in [-0.2, 0) is 9.53 Å². The van der Waals surface area contributed by atoms with Crippen LogP contribution in [0.4, 0.5) is 4.79 Å². The van der Waals surface area contributed by atoms with Gasteiger partial charge in [-0.1, -0.05) is 45.4 Å². The minimum Gasteiger partial charge on any atom is -0.450 e. The first-order valence-electron chi connectivity index (χ1n) is 8.13. The van der Waals surface area contributed by atoms with Gasteiger partial charge in [-0.05, 0) is 24.7 Å². The Kier molecular flexibility index (Phi) is 5.86. The van der Waals surface area contributed by atoms with Gasteiger partial charge in [-0.3, -0.25) is 4.79 Å². The van der Waals surface area contributed by atoms with Crippen molar-refractivity contribution in [3.63, 3.8) is 0 Å². The normalized spacial score (nSPS) is 26.9. The van der Waals surface area contributed by atoms with Crippen LogP contribution >= 0.6 is 0 Å². The third kappa shape index (κ3) is 4.50. The van der Waals surface area contributed by atoms with Crippen LogP contribution < -0.4 is 5.32 Å². The lowest BCUT2D eigenvalue weighted by molar-refractivity contribution is -0.129. The number of carbonyl (C=O) groups excluding carboxylic acids is 2. The number of hydrogen-bond acceptors (Lipinski definition) is 3. The van der Waals surface area contributed by atoms with E-state index in [9.17, 15) is 9.59 Å². The predicted molar refractivity (Wildman–Crippen MR) is 77.5 cm³/mol. The van der Waals surface area contributed by atoms with Crippen LogP contribution in [0.15, 0.2) is 0 Å². The van der Waals surface area contributed by atoms with Crippen LogP contribution in [0.2, 0.25) is 0 Å². The highest BCUT2D eigenvalue weighted by molar-refractivity contribution is 5.93. The van der Waals surface area contributed by atoms with E-state index in [1.54, 1.807) is 0 Å². The van der Waals surface area contributed by atoms with Gasteiger partial charge in [0.1, 0.15) is 0 Å². The molecule has 2 atom stereocenters. The van der Waals surface area contributed by atoms with Crippen LogP contribution in [0.25, 0.3) is 0 Å². The predicted octanol–water partition coefficient (Wildman–Crippen LogP) is 3.44. The number of amides is 1. The highest BCUT2D eigenvalue weighted by Gasteiger charge is 2.37. The quantitative estimate of drug-likeness (QED) is 0.759. The van der Waals surface area contributed by atoms with Crippen LogP contribution in [-0.4, -0.2) is 24.5 Å². The van der Waals surface area contributed by atoms with Crippen LogP contribution in [0, 0.1) is 11.8 Å². The third-order valence-corrected chi connectivity index (χ3v) is 4.68. The Bertz CT molecular complexity index is 337. The van der Waals surface area contributed by atoms with Gasteiger partial charge in [-0.2, -0.15) is 0 Å². The van der Waals surface area contributed by atoms with Crippen molar-refractivity contribution in [2.24, 2.45) is 11.8 Å². The summed E-state index contributed by atoms with van der Waals surface area (Å²) in [5, 5.41) is 2.65. The molecule has 0 unspecified atom stereocenters. The molecule has 0 spiro atoms. The maximum atomic E-state index is 11.5. The second-order valence-electron chi connectivity index (χ2n) is 6.41. The number of ketones is 1. The summed E-state index contributed by atoms with van der Waals surface area (Å²) < 4.78 is 5.13. The van der Waals surface area contributed by atoms with Gasteiger partial charge in [-0.15, -0.1) is 0 Å². The molecule has 2 saturated carbocycles. The zero-order valence-corrected chi connectivity index (χ0v) is 12.5. The van der Waals surface area contributed by atoms with Crippen molar-refractivity contribution in [3.05, 3.63) is 0 Å². The largest absolute Gasteiger partial charge is 0.450 e. The topological polar surface area (TPSA) is 55.4 Å². The molecule has 0 saturated heterocycles. The van der Waals surface area contributed by atoms with Gasteiger partial charge < -0.3 is 10.1 Å². The first kappa shape index (κ1) is 15.3. The second kappa shape index (κ2) is 7.65. The number of hydrogen-bond donors (Lipinski definition) is 1. The summed E-state index contributed by atoms with van der Waals surface area (Å²) in [6.07, 6.45) is 10.4. The van der Waals surface area contributed by atoms with Crippen LogP contribution in [0.3, 0.4) is 0 Å². The molecule has 0 heterocycles. The van der Waals surface area contributed by atoms with Crippen molar-refractivity contribution < 1.29 is 14.3 Å². The number of unbranched alkanes of at least 4 members (excludes halogenated alkanes) is 1. The maximum Gasteiger partial charge on any atom is 0.407 e. The fourth-order valence-corrected chi connectivity index (χ4v) is 3.29. The highest BCUT2D eigenvalue weighted by atomic mass is 16.5. The SMILES string of the molecule is C[C@@H]1CC(=O)[C@H]1NC(=O)OCCCCC1CCCCC1. The molecule has 114 valence electrons. The van der Waals surface area contributed by atoms with Crippen LogP contribution in [0.1, 0.15) is 64.7 Å². The summed E-state index contributed by atoms with van der Waals surface area (Å²) in [6, 6.07) is -0.315. The van der Waals surface area contributed by atoms with Gasteiger partial charge in [0.05, 0.1) is 12.6 Å². The van der Waals surface area contributed by atoms with E-state index in [0.29, 0.717) is 13.0 Å². The molecule has 0 radical (unpaired) electrons. The Morgan fingerprint density at radius 3 is 2.65 bits per heavy atom. The van der Waals surface area contributed by atoms with Crippen molar-refractivity contribution in [1.82, 2.24) is 5.32 Å². The highest BCUT2D eigenvalue weighted by Crippen LogP contribution is 2.27. The lowest BCUT2D eigenvalue weighted by atomic mass is 9.80. The zero-order valence-electron chi connectivity index (χ0n) is 12.5. The molecule has 20 heavy (non-hydrogen) atoms. The number of rotatable bonds is 6. The van der Waals surface area contributed by atoms with E-state index in [0.717, 1.165) is 18.8 Å². The smallest absolute Gasteiger partial charge is 0.407 e. The fraction of sp³-hybridized carbons (Fsp3) is 0.875. The number of alkyl carbamates (subject to hydrolysis) is 1. The molecular formula is C16H27NO3. The maximum absolute atomic E-state index is 11.5. The van der Waals surface area contributed by atoms with Gasteiger partial charge in [0.2, 0.25) is 0 Å². The minimum absolute atomic E-state index is 0.117. The minimum atomic E-state index is -0.437. The van der Waals surface area contributed by atoms with Crippen molar-refractivity contribution in [2.45, 2.75) is 70.8 Å². The molecule has 1 amide bonds. The zero-order chi connectivity index (χ0) is 14.4. The van der Waals surface area contributed by atoms with Crippen molar-refractivity contribution >= 4 is 11.9 Å². The standard InChI is InChI=1S/C16H27NO3/c1-12-11-14(18)15(12)17-16(19)20-10-6-5-9-13-7-3-2-4-8-13/h12-13,15H,2-11H2,1H3,(H,17,19)/t12-,15+/m1/s1. The average molecular weight is 281 g/mol. The van der Waals surface area contributed by atoms with E-state index >= 15 is 0 Å². The van der Waals surface area contributed by atoms with Crippen molar-refractivity contribution in [3.8, 4) is 0 Å². The van der Waals surface area contributed by atoms with E-state index < -0.39 is 6.09 Å².